The number of likely N-dealkylation sites (tertiary alicyclic amines) is 2. The lowest BCUT2D eigenvalue weighted by atomic mass is 10.1. The summed E-state index contributed by atoms with van der Waals surface area (Å²) in [6.45, 7) is 2.39. The molecule has 0 radical (unpaired) electrons. The van der Waals surface area contributed by atoms with E-state index in [2.05, 4.69) is 10.1 Å². The van der Waals surface area contributed by atoms with Crippen LogP contribution in [0.15, 0.2) is 28.8 Å². The average Bonchev–Trinajstić information content (AvgIpc) is 3.18. The average molecular weight is 370 g/mol. The van der Waals surface area contributed by atoms with Crippen molar-refractivity contribution >= 4 is 17.7 Å². The SMILES string of the molecule is Cc1noc(-c2cccc(OC3CN(C(=O)CN4C(=O)CCC4=O)C3)c2)n1. The van der Waals surface area contributed by atoms with Crippen LogP contribution >= 0.6 is 0 Å². The van der Waals surface area contributed by atoms with Crippen LogP contribution in [-0.2, 0) is 14.4 Å². The molecule has 0 aliphatic carbocycles. The van der Waals surface area contributed by atoms with E-state index in [0.29, 0.717) is 30.6 Å². The number of aryl methyl sites for hydroxylation is 1. The Hall–Kier alpha value is -3.23. The summed E-state index contributed by atoms with van der Waals surface area (Å²) in [6, 6.07) is 7.30. The van der Waals surface area contributed by atoms with Gasteiger partial charge in [0, 0.05) is 18.4 Å². The van der Waals surface area contributed by atoms with Crippen molar-refractivity contribution in [2.45, 2.75) is 25.9 Å². The van der Waals surface area contributed by atoms with Crippen molar-refractivity contribution in [3.05, 3.63) is 30.1 Å². The predicted octanol–water partition coefficient (Wildman–Crippen LogP) is 0.784. The molecule has 0 unspecified atom stereocenters. The van der Waals surface area contributed by atoms with E-state index in [-0.39, 0.29) is 43.2 Å². The maximum Gasteiger partial charge on any atom is 0.258 e. The number of aromatic nitrogens is 2. The minimum atomic E-state index is -0.283. The molecule has 0 bridgehead atoms. The minimum Gasteiger partial charge on any atom is -0.487 e. The second kappa shape index (κ2) is 6.82. The Morgan fingerprint density at radius 2 is 2.00 bits per heavy atom. The normalized spacial score (nSPS) is 17.4. The monoisotopic (exact) mass is 370 g/mol. The van der Waals surface area contributed by atoms with Crippen LogP contribution in [0.3, 0.4) is 0 Å². The number of carbonyl (C=O) groups is 3. The largest absolute Gasteiger partial charge is 0.487 e. The third kappa shape index (κ3) is 3.53. The maximum atomic E-state index is 12.2. The Morgan fingerprint density at radius 3 is 2.67 bits per heavy atom. The minimum absolute atomic E-state index is 0.140. The van der Waals surface area contributed by atoms with Crippen molar-refractivity contribution in [3.63, 3.8) is 0 Å². The molecule has 9 heteroatoms. The van der Waals surface area contributed by atoms with Gasteiger partial charge in [-0.1, -0.05) is 11.2 Å². The van der Waals surface area contributed by atoms with Crippen LogP contribution in [0.5, 0.6) is 5.75 Å². The quantitative estimate of drug-likeness (QED) is 0.716. The standard InChI is InChI=1S/C18H18N4O5/c1-11-19-18(27-20-11)12-3-2-4-13(7-12)26-14-8-21(9-14)17(25)10-22-15(23)5-6-16(22)24/h2-4,7,14H,5-6,8-10H2,1H3. The van der Waals surface area contributed by atoms with Gasteiger partial charge in [0.25, 0.3) is 5.89 Å². The first-order valence-corrected chi connectivity index (χ1v) is 8.68. The van der Waals surface area contributed by atoms with Crippen LogP contribution < -0.4 is 4.74 Å². The molecule has 1 aromatic carbocycles. The number of carbonyl (C=O) groups excluding carboxylic acids is 3. The Kier molecular flexibility index (Phi) is 4.35. The van der Waals surface area contributed by atoms with Gasteiger partial charge in [0.05, 0.1) is 13.1 Å². The number of rotatable bonds is 5. The van der Waals surface area contributed by atoms with Gasteiger partial charge in [-0.25, -0.2) is 0 Å². The van der Waals surface area contributed by atoms with E-state index in [0.717, 1.165) is 10.5 Å². The summed E-state index contributed by atoms with van der Waals surface area (Å²) in [7, 11) is 0. The van der Waals surface area contributed by atoms with Crippen molar-refractivity contribution in [2.75, 3.05) is 19.6 Å². The van der Waals surface area contributed by atoms with Crippen LogP contribution in [0.1, 0.15) is 18.7 Å². The van der Waals surface area contributed by atoms with Crippen molar-refractivity contribution in [1.29, 1.82) is 0 Å². The van der Waals surface area contributed by atoms with Gasteiger partial charge < -0.3 is 14.2 Å². The van der Waals surface area contributed by atoms with Gasteiger partial charge in [0.15, 0.2) is 5.82 Å². The summed E-state index contributed by atoms with van der Waals surface area (Å²) in [5.74, 6) is 0.811. The highest BCUT2D eigenvalue weighted by Crippen LogP contribution is 2.25. The van der Waals surface area contributed by atoms with Crippen LogP contribution in [0, 0.1) is 6.92 Å². The van der Waals surface area contributed by atoms with Crippen molar-refractivity contribution in [1.82, 2.24) is 19.9 Å². The number of imide groups is 1. The fraction of sp³-hybridized carbons (Fsp3) is 0.389. The molecule has 3 amide bonds. The first kappa shape index (κ1) is 17.2. The zero-order valence-electron chi connectivity index (χ0n) is 14.8. The van der Waals surface area contributed by atoms with Crippen LogP contribution in [0.25, 0.3) is 11.5 Å². The lowest BCUT2D eigenvalue weighted by Crippen LogP contribution is -2.58. The second-order valence-electron chi connectivity index (χ2n) is 6.59. The number of hydrogen-bond acceptors (Lipinski definition) is 7. The van der Waals surface area contributed by atoms with Gasteiger partial charge in [0.1, 0.15) is 18.4 Å². The Balaban J connectivity index is 1.31. The third-order valence-corrected chi connectivity index (χ3v) is 4.56. The van der Waals surface area contributed by atoms with Crippen molar-refractivity contribution in [2.24, 2.45) is 0 Å². The van der Waals surface area contributed by atoms with Crippen molar-refractivity contribution in [3.8, 4) is 17.2 Å². The van der Waals surface area contributed by atoms with Gasteiger partial charge in [-0.15, -0.1) is 0 Å². The highest BCUT2D eigenvalue weighted by molar-refractivity contribution is 6.04. The highest BCUT2D eigenvalue weighted by atomic mass is 16.5. The van der Waals surface area contributed by atoms with Gasteiger partial charge in [-0.2, -0.15) is 4.98 Å². The van der Waals surface area contributed by atoms with Gasteiger partial charge in [0.2, 0.25) is 17.7 Å². The molecule has 1 aromatic heterocycles. The Morgan fingerprint density at radius 1 is 1.26 bits per heavy atom. The number of amides is 3. The first-order chi connectivity index (χ1) is 13.0. The molecule has 0 N–H and O–H groups in total. The molecule has 2 aliphatic rings. The van der Waals surface area contributed by atoms with E-state index >= 15 is 0 Å². The molecule has 9 nitrogen and oxygen atoms in total. The fourth-order valence-electron chi connectivity index (χ4n) is 3.06. The second-order valence-corrected chi connectivity index (χ2v) is 6.59. The van der Waals surface area contributed by atoms with Crippen molar-refractivity contribution < 1.29 is 23.6 Å². The summed E-state index contributed by atoms with van der Waals surface area (Å²) in [5, 5.41) is 3.77. The predicted molar refractivity (Wildman–Crippen MR) is 91.4 cm³/mol. The summed E-state index contributed by atoms with van der Waals surface area (Å²) in [4.78, 5) is 42.2. The number of nitrogens with zero attached hydrogens (tertiary/aromatic N) is 4. The summed E-state index contributed by atoms with van der Waals surface area (Å²) in [5.41, 5.74) is 0.756. The molecule has 0 saturated carbocycles. The summed E-state index contributed by atoms with van der Waals surface area (Å²) in [6.07, 6.45) is 0.236. The molecule has 0 atom stereocenters. The zero-order chi connectivity index (χ0) is 19.0. The molecular formula is C18H18N4O5. The van der Waals surface area contributed by atoms with E-state index in [1.165, 1.54) is 0 Å². The molecule has 4 rings (SSSR count). The smallest absolute Gasteiger partial charge is 0.258 e. The molecular weight excluding hydrogens is 352 g/mol. The van der Waals surface area contributed by atoms with E-state index in [9.17, 15) is 14.4 Å². The fourth-order valence-corrected chi connectivity index (χ4v) is 3.06. The van der Waals surface area contributed by atoms with E-state index in [4.69, 9.17) is 9.26 Å². The van der Waals surface area contributed by atoms with Crippen LogP contribution in [-0.4, -0.2) is 63.4 Å². The molecule has 2 fully saturated rings. The van der Waals surface area contributed by atoms with Gasteiger partial charge in [-0.3, -0.25) is 19.3 Å². The molecule has 0 spiro atoms. The topological polar surface area (TPSA) is 106 Å². The summed E-state index contributed by atoms with van der Waals surface area (Å²) >= 11 is 0. The molecule has 2 saturated heterocycles. The first-order valence-electron chi connectivity index (χ1n) is 8.68. The summed E-state index contributed by atoms with van der Waals surface area (Å²) < 4.78 is 11.0. The third-order valence-electron chi connectivity index (χ3n) is 4.56. The number of ether oxygens (including phenoxy) is 1. The number of benzene rings is 1. The maximum absolute atomic E-state index is 12.2. The Labute approximate surface area is 154 Å². The lowest BCUT2D eigenvalue weighted by Gasteiger charge is -2.39. The zero-order valence-corrected chi connectivity index (χ0v) is 14.8. The number of hydrogen-bond donors (Lipinski definition) is 0. The lowest BCUT2D eigenvalue weighted by molar-refractivity contribution is -0.149. The molecule has 2 aliphatic heterocycles. The van der Waals surface area contributed by atoms with E-state index in [1.54, 1.807) is 17.9 Å². The van der Waals surface area contributed by atoms with Crippen LogP contribution in [0.4, 0.5) is 0 Å². The van der Waals surface area contributed by atoms with Gasteiger partial charge >= 0.3 is 0 Å². The van der Waals surface area contributed by atoms with Crippen LogP contribution in [0.2, 0.25) is 0 Å². The Bertz CT molecular complexity index is 887. The molecule has 27 heavy (non-hydrogen) atoms. The van der Waals surface area contributed by atoms with Gasteiger partial charge in [-0.05, 0) is 25.1 Å². The molecule has 2 aromatic rings. The van der Waals surface area contributed by atoms with E-state index in [1.807, 2.05) is 18.2 Å². The molecule has 140 valence electrons. The van der Waals surface area contributed by atoms with E-state index < -0.39 is 0 Å². The highest BCUT2D eigenvalue weighted by Gasteiger charge is 2.36. The molecule has 3 heterocycles.